The second-order valence-corrected chi connectivity index (χ2v) is 7.38. The summed E-state index contributed by atoms with van der Waals surface area (Å²) in [6, 6.07) is 13.9. The largest absolute Gasteiger partial charge is 0.465 e. The third kappa shape index (κ3) is 4.97. The first-order valence-electron chi connectivity index (χ1n) is 9.06. The number of benzene rings is 2. The molecular weight excluding hydrogens is 356 g/mol. The summed E-state index contributed by atoms with van der Waals surface area (Å²) in [5.41, 5.74) is 1.20. The van der Waals surface area contributed by atoms with Crippen molar-refractivity contribution in [2.75, 3.05) is 17.7 Å². The molecular formula is C22H26N2O4. The molecule has 0 bridgehead atoms. The Labute approximate surface area is 165 Å². The molecule has 0 heterocycles. The van der Waals surface area contributed by atoms with Crippen LogP contribution in [-0.4, -0.2) is 24.9 Å². The molecule has 0 aliphatic carbocycles. The Morgan fingerprint density at radius 3 is 2.00 bits per heavy atom. The van der Waals surface area contributed by atoms with E-state index in [1.165, 1.54) is 18.7 Å². The Balaban J connectivity index is 2.09. The van der Waals surface area contributed by atoms with Gasteiger partial charge in [0, 0.05) is 11.4 Å². The molecule has 0 aromatic heterocycles. The first-order valence-corrected chi connectivity index (χ1v) is 9.06. The average molecular weight is 382 g/mol. The van der Waals surface area contributed by atoms with Crippen molar-refractivity contribution in [3.63, 3.8) is 0 Å². The number of carbonyl (C=O) groups is 3. The van der Waals surface area contributed by atoms with Crippen LogP contribution in [0.4, 0.5) is 11.4 Å². The van der Waals surface area contributed by atoms with E-state index in [1.54, 1.807) is 32.0 Å². The maximum absolute atomic E-state index is 12.7. The first-order chi connectivity index (χ1) is 13.1. The Hall–Kier alpha value is -3.15. The zero-order valence-electron chi connectivity index (χ0n) is 16.8. The fraction of sp³-hybridized carbons (Fsp3) is 0.318. The van der Waals surface area contributed by atoms with E-state index in [9.17, 15) is 14.4 Å². The van der Waals surface area contributed by atoms with Gasteiger partial charge < -0.3 is 15.4 Å². The van der Waals surface area contributed by atoms with Crippen LogP contribution in [0.2, 0.25) is 0 Å². The molecule has 2 rings (SSSR count). The molecule has 0 aliphatic rings. The zero-order chi connectivity index (χ0) is 20.9. The van der Waals surface area contributed by atoms with Crippen LogP contribution in [0.5, 0.6) is 0 Å². The lowest BCUT2D eigenvalue weighted by Gasteiger charge is -2.23. The van der Waals surface area contributed by atoms with Crippen molar-refractivity contribution < 1.29 is 19.1 Å². The van der Waals surface area contributed by atoms with Gasteiger partial charge in [-0.25, -0.2) is 4.79 Å². The van der Waals surface area contributed by atoms with Gasteiger partial charge in [-0.3, -0.25) is 9.59 Å². The van der Waals surface area contributed by atoms with E-state index >= 15 is 0 Å². The highest BCUT2D eigenvalue weighted by atomic mass is 16.5. The van der Waals surface area contributed by atoms with Gasteiger partial charge in [0.1, 0.15) is 5.41 Å². The summed E-state index contributed by atoms with van der Waals surface area (Å²) in [5.74, 6) is -1.01. The van der Waals surface area contributed by atoms with Crippen molar-refractivity contribution in [2.45, 2.75) is 33.6 Å². The minimum atomic E-state index is -1.32. The number of amides is 2. The molecule has 0 unspecified atom stereocenters. The quantitative estimate of drug-likeness (QED) is 0.579. The van der Waals surface area contributed by atoms with Gasteiger partial charge in [-0.2, -0.15) is 0 Å². The molecule has 0 spiro atoms. The molecule has 2 N–H and O–H groups in total. The molecule has 28 heavy (non-hydrogen) atoms. The number of nitrogens with one attached hydrogen (secondary N) is 2. The van der Waals surface area contributed by atoms with Gasteiger partial charge >= 0.3 is 5.97 Å². The Morgan fingerprint density at radius 1 is 0.893 bits per heavy atom. The number of hydrogen-bond donors (Lipinski definition) is 2. The smallest absolute Gasteiger partial charge is 0.337 e. The molecule has 2 amide bonds. The summed E-state index contributed by atoms with van der Waals surface area (Å²) < 4.78 is 4.68. The number of hydrogen-bond acceptors (Lipinski definition) is 4. The molecule has 148 valence electrons. The van der Waals surface area contributed by atoms with E-state index in [0.717, 1.165) is 0 Å². The third-order valence-corrected chi connectivity index (χ3v) is 4.51. The topological polar surface area (TPSA) is 84.5 Å². The molecule has 2 aromatic rings. The summed E-state index contributed by atoms with van der Waals surface area (Å²) >= 11 is 0. The highest BCUT2D eigenvalue weighted by Crippen LogP contribution is 2.23. The standard InChI is InChI=1S/C22H26N2O4/c1-14(2)15-9-11-17(12-10-15)23-20(26)22(3,4)21(27)24-18-8-6-7-16(13-18)19(25)28-5/h6-14H,1-5H3,(H,23,26)(H,24,27). The SMILES string of the molecule is COC(=O)c1cccc(NC(=O)C(C)(C)C(=O)Nc2ccc(C(C)C)cc2)c1. The molecule has 0 fully saturated rings. The Morgan fingerprint density at radius 2 is 1.46 bits per heavy atom. The number of carbonyl (C=O) groups excluding carboxylic acids is 3. The number of esters is 1. The molecule has 0 saturated heterocycles. The van der Waals surface area contributed by atoms with Crippen LogP contribution in [0.1, 0.15) is 49.5 Å². The normalized spacial score (nSPS) is 11.1. The van der Waals surface area contributed by atoms with Crippen LogP contribution in [0, 0.1) is 5.41 Å². The third-order valence-electron chi connectivity index (χ3n) is 4.51. The van der Waals surface area contributed by atoms with E-state index in [0.29, 0.717) is 22.9 Å². The van der Waals surface area contributed by atoms with E-state index < -0.39 is 23.2 Å². The van der Waals surface area contributed by atoms with Gasteiger partial charge in [-0.1, -0.05) is 32.0 Å². The summed E-state index contributed by atoms with van der Waals surface area (Å²) in [7, 11) is 1.29. The van der Waals surface area contributed by atoms with Crippen molar-refractivity contribution in [1.29, 1.82) is 0 Å². The van der Waals surface area contributed by atoms with Crippen LogP contribution in [0.15, 0.2) is 48.5 Å². The average Bonchev–Trinajstić information content (AvgIpc) is 2.67. The van der Waals surface area contributed by atoms with E-state index in [-0.39, 0.29) is 0 Å². The Kier molecular flexibility index (Phi) is 6.57. The highest BCUT2D eigenvalue weighted by molar-refractivity contribution is 6.14. The maximum atomic E-state index is 12.7. The first kappa shape index (κ1) is 21.2. The lowest BCUT2D eigenvalue weighted by atomic mass is 9.90. The number of anilines is 2. The van der Waals surface area contributed by atoms with Crippen LogP contribution in [0.3, 0.4) is 0 Å². The van der Waals surface area contributed by atoms with Gasteiger partial charge in [-0.15, -0.1) is 0 Å². The number of methoxy groups -OCH3 is 1. The van der Waals surface area contributed by atoms with E-state index in [2.05, 4.69) is 29.2 Å². The van der Waals surface area contributed by atoms with Gasteiger partial charge in [0.25, 0.3) is 0 Å². The van der Waals surface area contributed by atoms with Gasteiger partial charge in [-0.05, 0) is 55.7 Å². The lowest BCUT2D eigenvalue weighted by Crippen LogP contribution is -2.41. The predicted octanol–water partition coefficient (Wildman–Crippen LogP) is 4.20. The van der Waals surface area contributed by atoms with Gasteiger partial charge in [0.05, 0.1) is 12.7 Å². The molecule has 2 aromatic carbocycles. The van der Waals surface area contributed by atoms with Crippen molar-refractivity contribution in [3.05, 3.63) is 59.7 Å². The fourth-order valence-corrected chi connectivity index (χ4v) is 2.47. The number of rotatable bonds is 6. The van der Waals surface area contributed by atoms with E-state index in [1.807, 2.05) is 24.3 Å². The molecule has 0 radical (unpaired) electrons. The predicted molar refractivity (Wildman–Crippen MR) is 109 cm³/mol. The van der Waals surface area contributed by atoms with Crippen LogP contribution >= 0.6 is 0 Å². The van der Waals surface area contributed by atoms with Crippen LogP contribution in [-0.2, 0) is 14.3 Å². The van der Waals surface area contributed by atoms with Gasteiger partial charge in [0.2, 0.25) is 11.8 Å². The summed E-state index contributed by atoms with van der Waals surface area (Å²) in [5, 5.41) is 5.46. The maximum Gasteiger partial charge on any atom is 0.337 e. The van der Waals surface area contributed by atoms with E-state index in [4.69, 9.17) is 0 Å². The van der Waals surface area contributed by atoms with Crippen LogP contribution in [0.25, 0.3) is 0 Å². The minimum Gasteiger partial charge on any atom is -0.465 e. The molecule has 6 heteroatoms. The summed E-state index contributed by atoms with van der Waals surface area (Å²) in [4.78, 5) is 37.0. The lowest BCUT2D eigenvalue weighted by molar-refractivity contribution is -0.135. The van der Waals surface area contributed by atoms with Crippen molar-refractivity contribution in [3.8, 4) is 0 Å². The van der Waals surface area contributed by atoms with Crippen molar-refractivity contribution in [1.82, 2.24) is 0 Å². The minimum absolute atomic E-state index is 0.313. The fourth-order valence-electron chi connectivity index (χ4n) is 2.47. The number of ether oxygens (including phenoxy) is 1. The van der Waals surface area contributed by atoms with Gasteiger partial charge in [0.15, 0.2) is 0 Å². The van der Waals surface area contributed by atoms with Crippen molar-refractivity contribution >= 4 is 29.2 Å². The summed E-state index contributed by atoms with van der Waals surface area (Å²) in [6.45, 7) is 7.28. The summed E-state index contributed by atoms with van der Waals surface area (Å²) in [6.07, 6.45) is 0. The Bertz CT molecular complexity index is 870. The second-order valence-electron chi connectivity index (χ2n) is 7.38. The molecule has 6 nitrogen and oxygen atoms in total. The molecule has 0 atom stereocenters. The molecule has 0 aliphatic heterocycles. The highest BCUT2D eigenvalue weighted by Gasteiger charge is 2.36. The van der Waals surface area contributed by atoms with Crippen LogP contribution < -0.4 is 10.6 Å². The van der Waals surface area contributed by atoms with Crippen molar-refractivity contribution in [2.24, 2.45) is 5.41 Å². The second kappa shape index (κ2) is 8.69. The monoisotopic (exact) mass is 382 g/mol. The zero-order valence-corrected chi connectivity index (χ0v) is 16.8. The molecule has 0 saturated carbocycles.